The van der Waals surface area contributed by atoms with Gasteiger partial charge in [-0.3, -0.25) is 4.90 Å². The van der Waals surface area contributed by atoms with Crippen LogP contribution in [0.4, 0.5) is 0 Å². The van der Waals surface area contributed by atoms with Crippen molar-refractivity contribution in [3.8, 4) is 0 Å². The lowest BCUT2D eigenvalue weighted by Gasteiger charge is -2.49. The van der Waals surface area contributed by atoms with E-state index in [1.165, 1.54) is 13.1 Å². The summed E-state index contributed by atoms with van der Waals surface area (Å²) in [4.78, 5) is 2.65. The number of likely N-dealkylation sites (tertiary alicyclic amines) is 1. The van der Waals surface area contributed by atoms with E-state index in [-0.39, 0.29) is 11.1 Å². The highest BCUT2D eigenvalue weighted by Crippen LogP contribution is 2.39. The first-order valence-electron chi connectivity index (χ1n) is 6.98. The summed E-state index contributed by atoms with van der Waals surface area (Å²) in [7, 11) is 0. The monoisotopic (exact) mass is 240 g/mol. The van der Waals surface area contributed by atoms with Crippen LogP contribution >= 0.6 is 0 Å². The highest BCUT2D eigenvalue weighted by molar-refractivity contribution is 5.02. The van der Waals surface area contributed by atoms with Gasteiger partial charge >= 0.3 is 0 Å². The molecule has 3 heteroatoms. The zero-order valence-electron chi connectivity index (χ0n) is 11.8. The van der Waals surface area contributed by atoms with Crippen LogP contribution in [0.25, 0.3) is 0 Å². The molecule has 0 saturated carbocycles. The Hall–Kier alpha value is -0.120. The number of ether oxygens (including phenoxy) is 1. The minimum absolute atomic E-state index is 0.0211. The molecule has 2 rings (SSSR count). The van der Waals surface area contributed by atoms with E-state index in [0.29, 0.717) is 0 Å². The summed E-state index contributed by atoms with van der Waals surface area (Å²) in [5, 5.41) is 0. The van der Waals surface area contributed by atoms with Crippen LogP contribution in [-0.2, 0) is 4.74 Å². The number of hydrogen-bond acceptors (Lipinski definition) is 3. The molecule has 0 bridgehead atoms. The van der Waals surface area contributed by atoms with Gasteiger partial charge in [0.05, 0.1) is 5.60 Å². The van der Waals surface area contributed by atoms with Crippen LogP contribution in [-0.4, -0.2) is 42.3 Å². The van der Waals surface area contributed by atoms with Gasteiger partial charge < -0.3 is 10.5 Å². The van der Waals surface area contributed by atoms with Crippen LogP contribution in [0.15, 0.2) is 0 Å². The molecule has 3 unspecified atom stereocenters. The fourth-order valence-electron chi connectivity index (χ4n) is 3.54. The average molecular weight is 240 g/mol. The highest BCUT2D eigenvalue weighted by atomic mass is 16.5. The van der Waals surface area contributed by atoms with Gasteiger partial charge in [0.1, 0.15) is 0 Å². The minimum atomic E-state index is -0.0211. The van der Waals surface area contributed by atoms with E-state index in [1.54, 1.807) is 0 Å². The number of hydrogen-bond donors (Lipinski definition) is 1. The Kier molecular flexibility index (Phi) is 3.54. The molecule has 3 atom stereocenters. The smallest absolute Gasteiger partial charge is 0.0644 e. The number of rotatable bonds is 2. The van der Waals surface area contributed by atoms with Gasteiger partial charge in [-0.15, -0.1) is 0 Å². The lowest BCUT2D eigenvalue weighted by Crippen LogP contribution is -2.60. The van der Waals surface area contributed by atoms with Crippen LogP contribution in [0.2, 0.25) is 0 Å². The lowest BCUT2D eigenvalue weighted by molar-refractivity contribution is -0.114. The molecule has 2 heterocycles. The highest BCUT2D eigenvalue weighted by Gasteiger charge is 2.46. The van der Waals surface area contributed by atoms with E-state index in [0.717, 1.165) is 37.8 Å². The molecule has 2 aliphatic rings. The molecule has 2 N–H and O–H groups in total. The van der Waals surface area contributed by atoms with Crippen molar-refractivity contribution in [3.05, 3.63) is 0 Å². The molecular weight excluding hydrogens is 212 g/mol. The maximum absolute atomic E-state index is 6.13. The predicted molar refractivity (Wildman–Crippen MR) is 71.0 cm³/mol. The third-order valence-electron chi connectivity index (χ3n) is 4.85. The summed E-state index contributed by atoms with van der Waals surface area (Å²) < 4.78 is 5.85. The Balaban J connectivity index is 2.14. The predicted octanol–water partition coefficient (Wildman–Crippen LogP) is 1.86. The van der Waals surface area contributed by atoms with Gasteiger partial charge in [0.25, 0.3) is 0 Å². The first-order chi connectivity index (χ1) is 7.88. The average Bonchev–Trinajstić information content (AvgIpc) is 2.58. The van der Waals surface area contributed by atoms with E-state index < -0.39 is 0 Å². The number of nitrogens with zero attached hydrogens (tertiary/aromatic N) is 1. The molecule has 3 nitrogen and oxygen atoms in total. The van der Waals surface area contributed by atoms with Gasteiger partial charge in [0, 0.05) is 31.8 Å². The molecule has 100 valence electrons. The maximum Gasteiger partial charge on any atom is 0.0644 e. The molecule has 2 aliphatic heterocycles. The second-order valence-corrected chi connectivity index (χ2v) is 6.82. The molecule has 0 aromatic carbocycles. The molecule has 0 aromatic heterocycles. The van der Waals surface area contributed by atoms with Crippen molar-refractivity contribution in [3.63, 3.8) is 0 Å². The van der Waals surface area contributed by atoms with Crippen LogP contribution in [0.5, 0.6) is 0 Å². The standard InChI is InChI=1S/C14H28N2O/c1-11-7-16(8-12(11)2)14(10-15)5-6-17-13(3,4)9-14/h11-12H,5-10,15H2,1-4H3. The molecule has 0 radical (unpaired) electrons. The second kappa shape index (κ2) is 4.52. The fraction of sp³-hybridized carbons (Fsp3) is 1.00. The Labute approximate surface area is 106 Å². The van der Waals surface area contributed by atoms with Crippen molar-refractivity contribution >= 4 is 0 Å². The van der Waals surface area contributed by atoms with Crippen molar-refractivity contribution in [2.75, 3.05) is 26.2 Å². The van der Waals surface area contributed by atoms with Crippen LogP contribution in [0.3, 0.4) is 0 Å². The van der Waals surface area contributed by atoms with E-state index in [1.807, 2.05) is 0 Å². The molecule has 0 spiro atoms. The van der Waals surface area contributed by atoms with Gasteiger partial charge in [-0.2, -0.15) is 0 Å². The first kappa shape index (κ1) is 13.3. The lowest BCUT2D eigenvalue weighted by atomic mass is 9.80. The summed E-state index contributed by atoms with van der Waals surface area (Å²) in [6.07, 6.45) is 2.16. The zero-order valence-corrected chi connectivity index (χ0v) is 11.8. The van der Waals surface area contributed by atoms with Gasteiger partial charge in [0.2, 0.25) is 0 Å². The summed E-state index contributed by atoms with van der Waals surface area (Å²) >= 11 is 0. The Bertz CT molecular complexity index is 269. The Morgan fingerprint density at radius 1 is 1.24 bits per heavy atom. The van der Waals surface area contributed by atoms with Crippen LogP contribution in [0.1, 0.15) is 40.5 Å². The molecular formula is C14H28N2O. The normalized spacial score (nSPS) is 42.9. The Morgan fingerprint density at radius 3 is 2.29 bits per heavy atom. The van der Waals surface area contributed by atoms with E-state index in [4.69, 9.17) is 10.5 Å². The molecule has 17 heavy (non-hydrogen) atoms. The van der Waals surface area contributed by atoms with Gasteiger partial charge in [-0.1, -0.05) is 13.8 Å². The zero-order chi connectivity index (χ0) is 12.7. The molecule has 2 saturated heterocycles. The summed E-state index contributed by atoms with van der Waals surface area (Å²) in [6, 6.07) is 0. The largest absolute Gasteiger partial charge is 0.375 e. The van der Waals surface area contributed by atoms with Crippen molar-refractivity contribution in [1.29, 1.82) is 0 Å². The number of nitrogens with two attached hydrogens (primary N) is 1. The van der Waals surface area contributed by atoms with Gasteiger partial charge in [-0.05, 0) is 38.5 Å². The van der Waals surface area contributed by atoms with Gasteiger partial charge in [-0.25, -0.2) is 0 Å². The topological polar surface area (TPSA) is 38.5 Å². The first-order valence-corrected chi connectivity index (χ1v) is 6.98. The van der Waals surface area contributed by atoms with E-state index in [9.17, 15) is 0 Å². The molecule has 0 amide bonds. The summed E-state index contributed by atoms with van der Waals surface area (Å²) in [6.45, 7) is 13.1. The third-order valence-corrected chi connectivity index (χ3v) is 4.85. The Morgan fingerprint density at radius 2 is 1.82 bits per heavy atom. The minimum Gasteiger partial charge on any atom is -0.375 e. The van der Waals surface area contributed by atoms with E-state index >= 15 is 0 Å². The SMILES string of the molecule is CC1CN(C2(CN)CCOC(C)(C)C2)CC1C. The van der Waals surface area contributed by atoms with Crippen molar-refractivity contribution in [2.45, 2.75) is 51.7 Å². The van der Waals surface area contributed by atoms with Crippen molar-refractivity contribution < 1.29 is 4.74 Å². The quantitative estimate of drug-likeness (QED) is 0.800. The molecule has 0 aromatic rings. The second-order valence-electron chi connectivity index (χ2n) is 6.82. The van der Waals surface area contributed by atoms with Crippen molar-refractivity contribution in [1.82, 2.24) is 4.90 Å². The van der Waals surface area contributed by atoms with Crippen molar-refractivity contribution in [2.24, 2.45) is 17.6 Å². The maximum atomic E-state index is 6.13. The fourth-order valence-corrected chi connectivity index (χ4v) is 3.54. The summed E-state index contributed by atoms with van der Waals surface area (Å²) in [5.74, 6) is 1.59. The van der Waals surface area contributed by atoms with E-state index in [2.05, 4.69) is 32.6 Å². The van der Waals surface area contributed by atoms with Crippen LogP contribution < -0.4 is 5.73 Å². The summed E-state index contributed by atoms with van der Waals surface area (Å²) in [5.41, 5.74) is 6.29. The third kappa shape index (κ3) is 2.51. The van der Waals surface area contributed by atoms with Crippen LogP contribution in [0, 0.1) is 11.8 Å². The molecule has 0 aliphatic carbocycles. The molecule has 2 fully saturated rings. The van der Waals surface area contributed by atoms with Gasteiger partial charge in [0.15, 0.2) is 0 Å².